The van der Waals surface area contributed by atoms with E-state index in [2.05, 4.69) is 10.4 Å². The molecular formula is C19H14F3N3O3. The number of anilines is 1. The van der Waals surface area contributed by atoms with Crippen molar-refractivity contribution < 1.29 is 27.5 Å². The van der Waals surface area contributed by atoms with Crippen molar-refractivity contribution in [1.29, 1.82) is 0 Å². The summed E-state index contributed by atoms with van der Waals surface area (Å²) in [5.41, 5.74) is -0.203. The number of rotatable bonds is 5. The molecule has 0 aliphatic rings. The van der Waals surface area contributed by atoms with Crippen LogP contribution in [-0.2, 0) is 11.3 Å². The molecule has 3 aromatic rings. The lowest BCUT2D eigenvalue weighted by molar-refractivity contribution is -0.0888. The van der Waals surface area contributed by atoms with E-state index >= 15 is 0 Å². The summed E-state index contributed by atoms with van der Waals surface area (Å²) in [5, 5.41) is 5.85. The van der Waals surface area contributed by atoms with E-state index < -0.39 is 29.4 Å². The fourth-order valence-electron chi connectivity index (χ4n) is 2.35. The number of hydrogen-bond acceptors (Lipinski definition) is 4. The van der Waals surface area contributed by atoms with E-state index in [0.29, 0.717) is 11.3 Å². The maximum Gasteiger partial charge on any atom is 0.456 e. The Morgan fingerprint density at radius 1 is 1.00 bits per heavy atom. The molecule has 0 atom stereocenters. The van der Waals surface area contributed by atoms with Gasteiger partial charge in [0.2, 0.25) is 0 Å². The first kappa shape index (κ1) is 19.2. The van der Waals surface area contributed by atoms with Crippen LogP contribution in [0.1, 0.15) is 16.1 Å². The molecule has 0 unspecified atom stereocenters. The lowest BCUT2D eigenvalue weighted by Gasteiger charge is -2.07. The molecule has 144 valence electrons. The van der Waals surface area contributed by atoms with Gasteiger partial charge in [0, 0.05) is 0 Å². The third-order valence-corrected chi connectivity index (χ3v) is 3.66. The number of para-hydroxylation sites is 1. The molecule has 0 saturated carbocycles. The molecule has 1 heterocycles. The normalized spacial score (nSPS) is 11.1. The monoisotopic (exact) mass is 389 g/mol. The van der Waals surface area contributed by atoms with E-state index in [1.54, 1.807) is 60.7 Å². The maximum absolute atomic E-state index is 12.9. The van der Waals surface area contributed by atoms with Gasteiger partial charge in [0.1, 0.15) is 6.61 Å². The van der Waals surface area contributed by atoms with E-state index in [1.807, 2.05) is 0 Å². The Labute approximate surface area is 157 Å². The average molecular weight is 389 g/mol. The fourth-order valence-corrected chi connectivity index (χ4v) is 2.35. The average Bonchev–Trinajstić information content (AvgIpc) is 3.10. The van der Waals surface area contributed by atoms with Crippen molar-refractivity contribution in [2.24, 2.45) is 0 Å². The van der Waals surface area contributed by atoms with E-state index in [4.69, 9.17) is 4.74 Å². The van der Waals surface area contributed by atoms with Crippen LogP contribution in [0.15, 0.2) is 66.9 Å². The number of alkyl halides is 3. The van der Waals surface area contributed by atoms with Crippen molar-refractivity contribution in [1.82, 2.24) is 9.78 Å². The molecule has 2 aromatic carbocycles. The van der Waals surface area contributed by atoms with Crippen molar-refractivity contribution in [2.45, 2.75) is 12.8 Å². The second-order valence-corrected chi connectivity index (χ2v) is 5.69. The Balaban J connectivity index is 1.82. The summed E-state index contributed by atoms with van der Waals surface area (Å²) < 4.78 is 44.7. The number of ketones is 1. The lowest BCUT2D eigenvalue weighted by Crippen LogP contribution is -2.25. The summed E-state index contributed by atoms with van der Waals surface area (Å²) >= 11 is 0. The number of benzene rings is 2. The zero-order valence-electron chi connectivity index (χ0n) is 14.3. The van der Waals surface area contributed by atoms with Crippen LogP contribution in [0.4, 0.5) is 23.7 Å². The van der Waals surface area contributed by atoms with Crippen LogP contribution in [0, 0.1) is 0 Å². The van der Waals surface area contributed by atoms with Gasteiger partial charge >= 0.3 is 12.3 Å². The van der Waals surface area contributed by atoms with Crippen molar-refractivity contribution in [3.05, 3.63) is 78.1 Å². The molecule has 0 fully saturated rings. The van der Waals surface area contributed by atoms with Crippen molar-refractivity contribution >= 4 is 17.6 Å². The van der Waals surface area contributed by atoms with Crippen molar-refractivity contribution in [3.63, 3.8) is 0 Å². The summed E-state index contributed by atoms with van der Waals surface area (Å²) in [6.45, 7) is -0.0813. The summed E-state index contributed by atoms with van der Waals surface area (Å²) in [7, 11) is 0. The Bertz CT molecular complexity index is 970. The van der Waals surface area contributed by atoms with Gasteiger partial charge in [0.25, 0.3) is 5.78 Å². The van der Waals surface area contributed by atoms with E-state index in [0.717, 1.165) is 10.9 Å². The summed E-state index contributed by atoms with van der Waals surface area (Å²) in [5.74, 6) is -2.17. The second-order valence-electron chi connectivity index (χ2n) is 5.69. The van der Waals surface area contributed by atoms with Crippen LogP contribution < -0.4 is 5.32 Å². The third-order valence-electron chi connectivity index (χ3n) is 3.66. The van der Waals surface area contributed by atoms with Crippen LogP contribution in [0.25, 0.3) is 5.69 Å². The number of ether oxygens (including phenoxy) is 1. The molecule has 9 heteroatoms. The zero-order chi connectivity index (χ0) is 20.1. The van der Waals surface area contributed by atoms with Gasteiger partial charge < -0.3 is 4.74 Å². The molecule has 1 aromatic heterocycles. The molecule has 0 spiro atoms. The molecule has 0 bridgehead atoms. The highest BCUT2D eigenvalue weighted by Crippen LogP contribution is 2.26. The number of amides is 1. The van der Waals surface area contributed by atoms with Crippen molar-refractivity contribution in [3.8, 4) is 5.69 Å². The number of hydrogen-bond donors (Lipinski definition) is 1. The van der Waals surface area contributed by atoms with Gasteiger partial charge in [-0.25, -0.2) is 9.48 Å². The van der Waals surface area contributed by atoms with Gasteiger partial charge in [-0.2, -0.15) is 18.3 Å². The molecule has 6 nitrogen and oxygen atoms in total. The van der Waals surface area contributed by atoms with Crippen molar-refractivity contribution in [2.75, 3.05) is 5.32 Å². The van der Waals surface area contributed by atoms with Gasteiger partial charge in [0.05, 0.1) is 17.6 Å². The molecule has 28 heavy (non-hydrogen) atoms. The van der Waals surface area contributed by atoms with Crippen LogP contribution in [0.5, 0.6) is 0 Å². The Kier molecular flexibility index (Phi) is 5.44. The predicted octanol–water partition coefficient (Wildman–Crippen LogP) is 4.37. The summed E-state index contributed by atoms with van der Waals surface area (Å²) in [6.07, 6.45) is -5.02. The Hall–Kier alpha value is -3.62. The highest BCUT2D eigenvalue weighted by atomic mass is 19.4. The number of Topliss-reactive ketones (excluding diaryl/α,β-unsaturated/α-hetero) is 1. The number of carbonyl (C=O) groups is 2. The van der Waals surface area contributed by atoms with Crippen LogP contribution in [0.3, 0.4) is 0 Å². The van der Waals surface area contributed by atoms with E-state index in [9.17, 15) is 22.8 Å². The molecule has 0 radical (unpaired) electrons. The van der Waals surface area contributed by atoms with Gasteiger partial charge in [-0.15, -0.1) is 0 Å². The minimum Gasteiger partial charge on any atom is -0.444 e. The number of nitrogens with one attached hydrogen (secondary N) is 1. The van der Waals surface area contributed by atoms with Crippen LogP contribution in [-0.4, -0.2) is 27.8 Å². The fraction of sp³-hybridized carbons (Fsp3) is 0.105. The number of aromatic nitrogens is 2. The molecule has 1 amide bonds. The van der Waals surface area contributed by atoms with Gasteiger partial charge in [-0.3, -0.25) is 10.1 Å². The maximum atomic E-state index is 12.9. The van der Waals surface area contributed by atoms with Crippen LogP contribution in [0.2, 0.25) is 0 Å². The summed E-state index contributed by atoms with van der Waals surface area (Å²) in [6, 6.07) is 16.9. The smallest absolute Gasteiger partial charge is 0.444 e. The molecule has 0 aliphatic heterocycles. The molecule has 1 N–H and O–H groups in total. The topological polar surface area (TPSA) is 73.2 Å². The largest absolute Gasteiger partial charge is 0.456 e. The van der Waals surface area contributed by atoms with Gasteiger partial charge in [-0.05, 0) is 17.7 Å². The Morgan fingerprint density at radius 2 is 1.61 bits per heavy atom. The van der Waals surface area contributed by atoms with E-state index in [-0.39, 0.29) is 6.61 Å². The first-order valence-corrected chi connectivity index (χ1v) is 8.09. The van der Waals surface area contributed by atoms with Crippen LogP contribution >= 0.6 is 0 Å². The minimum atomic E-state index is -5.14. The first-order valence-electron chi connectivity index (χ1n) is 8.09. The SMILES string of the molecule is O=C(Nc1cn(-c2ccccc2)nc1C(=O)C(F)(F)F)OCc1ccccc1. The minimum absolute atomic E-state index is 0.0813. The highest BCUT2D eigenvalue weighted by Gasteiger charge is 2.42. The lowest BCUT2D eigenvalue weighted by atomic mass is 10.2. The summed E-state index contributed by atoms with van der Waals surface area (Å²) in [4.78, 5) is 23.7. The molecule has 0 aliphatic carbocycles. The quantitative estimate of drug-likeness (QED) is 0.658. The standard InChI is InChI=1S/C19H14F3N3O3/c20-19(21,22)17(26)16-15(11-25(24-16)14-9-5-2-6-10-14)23-18(27)28-12-13-7-3-1-4-8-13/h1-11H,12H2,(H,23,27). The number of carbonyl (C=O) groups excluding carboxylic acids is 2. The van der Waals surface area contributed by atoms with E-state index in [1.165, 1.54) is 0 Å². The zero-order valence-corrected chi connectivity index (χ0v) is 14.3. The number of halogens is 3. The molecular weight excluding hydrogens is 375 g/mol. The predicted molar refractivity (Wildman–Crippen MR) is 94.2 cm³/mol. The molecule has 0 saturated heterocycles. The first-order chi connectivity index (χ1) is 13.3. The highest BCUT2D eigenvalue weighted by molar-refractivity contribution is 6.05. The third kappa shape index (κ3) is 4.56. The Morgan fingerprint density at radius 3 is 2.21 bits per heavy atom. The second kappa shape index (κ2) is 7.95. The van der Waals surface area contributed by atoms with Gasteiger partial charge in [0.15, 0.2) is 5.69 Å². The number of nitrogens with zero attached hydrogens (tertiary/aromatic N) is 2. The molecule has 3 rings (SSSR count). The van der Waals surface area contributed by atoms with Gasteiger partial charge in [-0.1, -0.05) is 48.5 Å².